The Morgan fingerprint density at radius 1 is 0.281 bits per heavy atom. The quantitative estimate of drug-likeness (QED) is 0.0222. The van der Waals surface area contributed by atoms with Gasteiger partial charge in [0.2, 0.25) is 0 Å². The van der Waals surface area contributed by atoms with Crippen molar-refractivity contribution in [3.05, 3.63) is 0 Å². The van der Waals surface area contributed by atoms with Gasteiger partial charge in [-0.1, -0.05) is 350 Å². The van der Waals surface area contributed by atoms with Crippen LogP contribution in [0, 0.1) is 11.8 Å². The smallest absolute Gasteiger partial charge is 0.462 e. The highest BCUT2D eigenvalue weighted by molar-refractivity contribution is 7.47. The number of unbranched alkanes of at least 4 members (excludes halogenated alkanes) is 46. The lowest BCUT2D eigenvalue weighted by Crippen LogP contribution is -2.30. The van der Waals surface area contributed by atoms with Crippen molar-refractivity contribution in [2.75, 3.05) is 39.6 Å². The van der Waals surface area contributed by atoms with E-state index in [1.165, 1.54) is 218 Å². The van der Waals surface area contributed by atoms with Gasteiger partial charge in [0.1, 0.15) is 19.3 Å². The van der Waals surface area contributed by atoms with Crippen molar-refractivity contribution in [3.63, 3.8) is 0 Å². The Balaban J connectivity index is 5.25. The molecular weight excluding hydrogens is 1260 g/mol. The molecule has 0 aliphatic heterocycles. The molecule has 0 aromatic rings. The number of carbonyl (C=O) groups excluding carboxylic acids is 4. The van der Waals surface area contributed by atoms with Crippen molar-refractivity contribution < 1.29 is 80.2 Å². The summed E-state index contributed by atoms with van der Waals surface area (Å²) >= 11 is 0. The Morgan fingerprint density at radius 2 is 0.479 bits per heavy atom. The maximum Gasteiger partial charge on any atom is 0.472 e. The third-order valence-corrected chi connectivity index (χ3v) is 19.9. The van der Waals surface area contributed by atoms with Gasteiger partial charge in [0.15, 0.2) is 12.2 Å². The van der Waals surface area contributed by atoms with E-state index in [0.717, 1.165) is 102 Å². The van der Waals surface area contributed by atoms with E-state index in [0.29, 0.717) is 25.7 Å². The number of esters is 4. The number of rotatable bonds is 76. The van der Waals surface area contributed by atoms with Crippen molar-refractivity contribution in [2.24, 2.45) is 11.8 Å². The molecule has 5 atom stereocenters. The molecule has 0 spiro atoms. The van der Waals surface area contributed by atoms with Crippen LogP contribution in [-0.2, 0) is 65.4 Å². The van der Waals surface area contributed by atoms with Gasteiger partial charge in [0.25, 0.3) is 0 Å². The SMILES string of the molecule is CCCCCCCCCCCCCCCC(=O)O[C@H](COC(=O)CCCCCCCCCCCCC)COP(=O)(O)OC[C@H](O)COP(=O)(O)OC[C@@H](COC(=O)CCCCCCCCCCCCCCCC(C)C)OC(=O)CCCCCCCCCCCCCCCC(C)C. The zero-order valence-electron chi connectivity index (χ0n) is 62.7. The first-order chi connectivity index (χ1) is 46.4. The molecule has 0 heterocycles. The second-order valence-corrected chi connectivity index (χ2v) is 31.6. The molecule has 96 heavy (non-hydrogen) atoms. The maximum atomic E-state index is 13.1. The summed E-state index contributed by atoms with van der Waals surface area (Å²) in [5.41, 5.74) is 0. The van der Waals surface area contributed by atoms with Crippen LogP contribution in [0.5, 0.6) is 0 Å². The molecule has 0 rings (SSSR count). The summed E-state index contributed by atoms with van der Waals surface area (Å²) < 4.78 is 68.6. The normalized spacial score (nSPS) is 14.0. The zero-order chi connectivity index (χ0) is 70.7. The minimum absolute atomic E-state index is 0.108. The number of aliphatic hydroxyl groups excluding tert-OH is 1. The fourth-order valence-corrected chi connectivity index (χ4v) is 13.4. The fourth-order valence-electron chi connectivity index (χ4n) is 11.8. The minimum Gasteiger partial charge on any atom is -0.462 e. The van der Waals surface area contributed by atoms with Gasteiger partial charge in [-0.2, -0.15) is 0 Å². The molecule has 0 saturated carbocycles. The van der Waals surface area contributed by atoms with E-state index in [1.54, 1.807) is 0 Å². The fraction of sp³-hybridized carbons (Fsp3) is 0.948. The summed E-state index contributed by atoms with van der Waals surface area (Å²) in [7, 11) is -9.91. The molecule has 19 heteroatoms. The average Bonchev–Trinajstić information content (AvgIpc) is 1.53. The molecule has 0 amide bonds. The molecule has 0 aromatic heterocycles. The second-order valence-electron chi connectivity index (χ2n) is 28.7. The Kier molecular flexibility index (Phi) is 67.4. The van der Waals surface area contributed by atoms with Crippen molar-refractivity contribution in [3.8, 4) is 0 Å². The zero-order valence-corrected chi connectivity index (χ0v) is 64.5. The number of hydrogen-bond acceptors (Lipinski definition) is 15. The summed E-state index contributed by atoms with van der Waals surface area (Å²) in [6.07, 6.45) is 56.7. The predicted octanol–water partition coefficient (Wildman–Crippen LogP) is 22.7. The predicted molar refractivity (Wildman–Crippen MR) is 391 cm³/mol. The molecule has 2 unspecified atom stereocenters. The van der Waals surface area contributed by atoms with Crippen LogP contribution in [0.3, 0.4) is 0 Å². The number of carbonyl (C=O) groups is 4. The number of aliphatic hydroxyl groups is 1. The highest BCUT2D eigenvalue weighted by Gasteiger charge is 2.30. The summed E-state index contributed by atoms with van der Waals surface area (Å²) in [5.74, 6) is -0.534. The highest BCUT2D eigenvalue weighted by Crippen LogP contribution is 2.45. The van der Waals surface area contributed by atoms with Crippen LogP contribution >= 0.6 is 15.6 Å². The third kappa shape index (κ3) is 70.5. The Hall–Kier alpha value is -1.94. The molecule has 0 bridgehead atoms. The van der Waals surface area contributed by atoms with Gasteiger partial charge >= 0.3 is 39.5 Å². The van der Waals surface area contributed by atoms with Gasteiger partial charge in [-0.15, -0.1) is 0 Å². The first-order valence-corrected chi connectivity index (χ1v) is 43.0. The maximum absolute atomic E-state index is 13.1. The highest BCUT2D eigenvalue weighted by atomic mass is 31.2. The van der Waals surface area contributed by atoms with Gasteiger partial charge in [-0.25, -0.2) is 9.13 Å². The molecular formula is C77H150O17P2. The Bertz CT molecular complexity index is 1860. The van der Waals surface area contributed by atoms with Crippen molar-refractivity contribution in [2.45, 2.75) is 419 Å². The average molecular weight is 1410 g/mol. The Morgan fingerprint density at radius 3 is 0.708 bits per heavy atom. The van der Waals surface area contributed by atoms with E-state index in [2.05, 4.69) is 41.5 Å². The van der Waals surface area contributed by atoms with Gasteiger partial charge in [0.05, 0.1) is 26.4 Å². The first-order valence-electron chi connectivity index (χ1n) is 40.0. The standard InChI is InChI=1S/C77H150O17P2/c1-7-9-11-13-15-17-19-22-31-37-43-49-55-61-76(81)93-72(65-87-74(79)59-53-47-41-35-27-18-16-14-12-10-8-2)67-91-95(83,84)89-63-71(78)64-90-96(85,86)92-68-73(94-77(82)62-56-50-44-38-32-26-21-24-29-34-40-46-52-58-70(5)6)66-88-75(80)60-54-48-42-36-30-25-20-23-28-33-39-45-51-57-69(3)4/h69-73,78H,7-68H2,1-6H3,(H,83,84)(H,85,86)/t71-,72+,73+/m0/s1. The molecule has 3 N–H and O–H groups in total. The van der Waals surface area contributed by atoms with Gasteiger partial charge in [-0.3, -0.25) is 37.3 Å². The number of phosphoric acid groups is 2. The molecule has 0 saturated heterocycles. The summed E-state index contributed by atoms with van der Waals surface area (Å²) in [4.78, 5) is 72.9. The molecule has 0 aromatic carbocycles. The lowest BCUT2D eigenvalue weighted by Gasteiger charge is -2.21. The van der Waals surface area contributed by atoms with Gasteiger partial charge < -0.3 is 33.8 Å². The van der Waals surface area contributed by atoms with Crippen LogP contribution in [0.2, 0.25) is 0 Å². The first kappa shape index (κ1) is 94.1. The lowest BCUT2D eigenvalue weighted by atomic mass is 10.0. The van der Waals surface area contributed by atoms with E-state index in [4.69, 9.17) is 37.0 Å². The second kappa shape index (κ2) is 68.8. The van der Waals surface area contributed by atoms with Crippen LogP contribution in [0.25, 0.3) is 0 Å². The van der Waals surface area contributed by atoms with E-state index in [1.807, 2.05) is 0 Å². The van der Waals surface area contributed by atoms with Crippen LogP contribution in [0.4, 0.5) is 0 Å². The Labute approximate surface area is 588 Å². The van der Waals surface area contributed by atoms with E-state index >= 15 is 0 Å². The molecule has 0 aliphatic carbocycles. The van der Waals surface area contributed by atoms with E-state index in [9.17, 15) is 43.2 Å². The molecule has 17 nitrogen and oxygen atoms in total. The van der Waals surface area contributed by atoms with Crippen LogP contribution in [0.15, 0.2) is 0 Å². The number of phosphoric ester groups is 2. The van der Waals surface area contributed by atoms with Crippen LogP contribution in [0.1, 0.15) is 401 Å². The van der Waals surface area contributed by atoms with Crippen LogP contribution in [-0.4, -0.2) is 96.7 Å². The van der Waals surface area contributed by atoms with Gasteiger partial charge in [0, 0.05) is 25.7 Å². The summed E-state index contributed by atoms with van der Waals surface area (Å²) in [6.45, 7) is 9.64. The van der Waals surface area contributed by atoms with Gasteiger partial charge in [-0.05, 0) is 37.5 Å². The lowest BCUT2D eigenvalue weighted by molar-refractivity contribution is -0.161. The largest absolute Gasteiger partial charge is 0.472 e. The molecule has 0 fully saturated rings. The summed E-state index contributed by atoms with van der Waals surface area (Å²) in [6, 6.07) is 0. The molecule has 0 radical (unpaired) electrons. The minimum atomic E-state index is -4.96. The monoisotopic (exact) mass is 1410 g/mol. The molecule has 0 aliphatic rings. The number of hydrogen-bond donors (Lipinski definition) is 3. The van der Waals surface area contributed by atoms with E-state index < -0.39 is 97.5 Å². The van der Waals surface area contributed by atoms with Crippen LogP contribution < -0.4 is 0 Å². The summed E-state index contributed by atoms with van der Waals surface area (Å²) in [5, 5.41) is 10.6. The van der Waals surface area contributed by atoms with Crippen molar-refractivity contribution in [1.29, 1.82) is 0 Å². The van der Waals surface area contributed by atoms with Crippen molar-refractivity contribution in [1.82, 2.24) is 0 Å². The van der Waals surface area contributed by atoms with E-state index in [-0.39, 0.29) is 25.7 Å². The number of ether oxygens (including phenoxy) is 4. The topological polar surface area (TPSA) is 237 Å². The third-order valence-electron chi connectivity index (χ3n) is 18.0. The van der Waals surface area contributed by atoms with Crippen molar-refractivity contribution >= 4 is 39.5 Å². The molecule has 570 valence electrons.